The summed E-state index contributed by atoms with van der Waals surface area (Å²) in [5.41, 5.74) is 12.4. The van der Waals surface area contributed by atoms with Crippen LogP contribution in [0.4, 0.5) is 27.3 Å². The maximum absolute atomic E-state index is 12.4. The number of nitrogens with one attached hydrogen (secondary N) is 1. The maximum atomic E-state index is 12.4. The van der Waals surface area contributed by atoms with E-state index in [9.17, 15) is 4.79 Å². The van der Waals surface area contributed by atoms with E-state index in [0.717, 1.165) is 32.3 Å². The predicted molar refractivity (Wildman–Crippen MR) is 266 cm³/mol. The summed E-state index contributed by atoms with van der Waals surface area (Å²) in [6, 6.07) is 21.4. The molecule has 15 heteroatoms. The van der Waals surface area contributed by atoms with Gasteiger partial charge in [0.25, 0.3) is 5.13 Å². The highest BCUT2D eigenvalue weighted by Gasteiger charge is 2.21. The number of nitrogens with zero attached hydrogens (tertiary/aromatic N) is 7. The molecule has 0 aliphatic heterocycles. The second-order valence-electron chi connectivity index (χ2n) is 17.2. The number of hydrogen-bond acceptors (Lipinski definition) is 14. The number of carbonyl (C=O) groups excluding carboxylic acids is 1. The first-order valence-corrected chi connectivity index (χ1v) is 25.2. The molecule has 0 spiro atoms. The topological polar surface area (TPSA) is 144 Å². The van der Waals surface area contributed by atoms with Gasteiger partial charge in [-0.25, -0.2) is 0 Å². The Kier molecular flexibility index (Phi) is 20.6. The minimum atomic E-state index is -0.202. The Morgan fingerprint density at radius 3 is 1.69 bits per heavy atom. The van der Waals surface area contributed by atoms with Crippen molar-refractivity contribution in [2.45, 2.75) is 146 Å². The lowest BCUT2D eigenvalue weighted by Gasteiger charge is -2.29. The molecule has 0 saturated heterocycles. The normalized spacial score (nSPS) is 11.7. The highest BCUT2D eigenvalue weighted by molar-refractivity contribution is 8.01. The average molecular weight is 918 g/mol. The van der Waals surface area contributed by atoms with Crippen molar-refractivity contribution in [3.8, 4) is 5.75 Å². The molecule has 11 nitrogen and oxygen atoms in total. The van der Waals surface area contributed by atoms with Gasteiger partial charge in [0.1, 0.15) is 11.4 Å². The summed E-state index contributed by atoms with van der Waals surface area (Å²) in [6.45, 7) is 20.5. The second-order valence-corrected chi connectivity index (χ2v) is 21.9. The number of methoxy groups -OCH3 is 1. The number of benzene rings is 3. The van der Waals surface area contributed by atoms with Crippen molar-refractivity contribution in [2.24, 2.45) is 10.2 Å². The molecule has 62 heavy (non-hydrogen) atoms. The Labute approximate surface area is 387 Å². The largest absolute Gasteiger partial charge is 0.494 e. The van der Waals surface area contributed by atoms with E-state index in [1.807, 2.05) is 12.1 Å². The van der Waals surface area contributed by atoms with Crippen LogP contribution < -0.4 is 20.7 Å². The zero-order valence-corrected chi connectivity index (χ0v) is 41.7. The number of carbonyl (C=O) groups is 1. The van der Waals surface area contributed by atoms with E-state index >= 15 is 0 Å². The summed E-state index contributed by atoms with van der Waals surface area (Å²) in [7, 11) is 1.65. The number of thioether (sulfide) groups is 2. The number of nitrogen functional groups attached to an aromatic ring is 1. The zero-order chi connectivity index (χ0) is 45.1. The number of unbranched alkanes of at least 4 members (excludes halogenated alkanes) is 6. The van der Waals surface area contributed by atoms with Gasteiger partial charge in [-0.05, 0) is 52.0 Å². The monoisotopic (exact) mass is 917 g/mol. The van der Waals surface area contributed by atoms with E-state index in [1.165, 1.54) is 96.8 Å². The van der Waals surface area contributed by atoms with Crippen LogP contribution in [-0.4, -0.2) is 44.9 Å². The summed E-state index contributed by atoms with van der Waals surface area (Å²) in [4.78, 5) is 14.7. The molecule has 2 heterocycles. The van der Waals surface area contributed by atoms with Crippen LogP contribution in [0.3, 0.4) is 0 Å². The molecule has 3 N–H and O–H groups in total. The molecule has 0 aliphatic carbocycles. The molecule has 5 aromatic rings. The van der Waals surface area contributed by atoms with Crippen LogP contribution >= 0.6 is 46.2 Å². The van der Waals surface area contributed by atoms with Crippen molar-refractivity contribution in [1.29, 1.82) is 0 Å². The molecule has 0 atom stereocenters. The van der Waals surface area contributed by atoms with Gasteiger partial charge in [-0.1, -0.05) is 189 Å². The Morgan fingerprint density at radius 2 is 1.24 bits per heavy atom. The SMILES string of the molecule is CCCCCCSc1nnc(N)s1.CCCCCCSc1nnc(N=Nc2cc(OC)c(N(Cc3ccc(C(C)(C)C)cc3)Cc3ccc(C(C)(C)C)cc3)cc2NC(C)=O)s1. The maximum Gasteiger partial charge on any atom is 0.252 e. The van der Waals surface area contributed by atoms with Gasteiger partial charge in [0, 0.05) is 37.6 Å². The van der Waals surface area contributed by atoms with E-state index in [2.05, 4.69) is 145 Å². The number of hydrogen-bond donors (Lipinski definition) is 2. The Morgan fingerprint density at radius 1 is 0.726 bits per heavy atom. The number of aromatic nitrogens is 4. The molecule has 0 aliphatic rings. The second kappa shape index (κ2) is 25.3. The van der Waals surface area contributed by atoms with Gasteiger partial charge < -0.3 is 20.7 Å². The molecule has 0 fully saturated rings. The minimum absolute atomic E-state index is 0.0667. The Balaban J connectivity index is 0.000000554. The number of ether oxygens (including phenoxy) is 1. The van der Waals surface area contributed by atoms with Crippen molar-refractivity contribution < 1.29 is 9.53 Å². The predicted octanol–water partition coefficient (Wildman–Crippen LogP) is 14.2. The van der Waals surface area contributed by atoms with Crippen molar-refractivity contribution in [2.75, 3.05) is 34.6 Å². The van der Waals surface area contributed by atoms with Crippen molar-refractivity contribution in [3.63, 3.8) is 0 Å². The standard InChI is InChI=1S/C39H52N6O2S2.C8H15N3S2/c1-10-11-12-13-22-48-37-44-43-36(49-37)42-41-33-24-35(47-9)34(23-32(33)40-27(2)46)45(25-28-14-18-30(19-15-28)38(3,4)5)26-29-16-20-31(21-17-29)39(6,7)8;1-2-3-4-5-6-12-8-11-10-7(9)13-8/h14-21,23-24H,10-13,22,25-26H2,1-9H3,(H,40,46);2-6H2,1H3,(H2,9,10). The summed E-state index contributed by atoms with van der Waals surface area (Å²) < 4.78 is 7.85. The molecule has 0 unspecified atom stereocenters. The minimum Gasteiger partial charge on any atom is -0.494 e. The molecule has 0 saturated carbocycles. The van der Waals surface area contributed by atoms with Gasteiger partial charge in [-0.15, -0.1) is 30.6 Å². The van der Waals surface area contributed by atoms with Crippen LogP contribution in [0.15, 0.2) is 79.6 Å². The smallest absolute Gasteiger partial charge is 0.252 e. The van der Waals surface area contributed by atoms with Gasteiger partial charge >= 0.3 is 0 Å². The summed E-state index contributed by atoms with van der Waals surface area (Å²) in [5, 5.41) is 29.1. The van der Waals surface area contributed by atoms with Crippen molar-refractivity contribution >= 4 is 79.4 Å². The average Bonchev–Trinajstić information content (AvgIpc) is 3.87. The van der Waals surface area contributed by atoms with Gasteiger partial charge in [0.05, 0.1) is 18.5 Å². The first-order chi connectivity index (χ1) is 29.6. The number of azo groups is 1. The fourth-order valence-corrected chi connectivity index (χ4v) is 9.72. The molecule has 0 bridgehead atoms. The third-order valence-corrected chi connectivity index (χ3v) is 13.8. The molecule has 0 radical (unpaired) electrons. The lowest BCUT2D eigenvalue weighted by molar-refractivity contribution is -0.114. The van der Waals surface area contributed by atoms with E-state index in [1.54, 1.807) is 30.6 Å². The van der Waals surface area contributed by atoms with Crippen LogP contribution in [0.1, 0.15) is 136 Å². The van der Waals surface area contributed by atoms with Gasteiger partial charge in [-0.3, -0.25) is 4.79 Å². The van der Waals surface area contributed by atoms with Crippen LogP contribution in [0.5, 0.6) is 5.75 Å². The first-order valence-electron chi connectivity index (χ1n) is 21.6. The number of nitrogens with two attached hydrogens (primary N) is 1. The number of anilines is 3. The van der Waals surface area contributed by atoms with Crippen molar-refractivity contribution in [1.82, 2.24) is 20.4 Å². The fraction of sp³-hybridized carbons (Fsp3) is 0.511. The fourth-order valence-electron chi connectivity index (χ4n) is 6.28. The first kappa shape index (κ1) is 50.6. The summed E-state index contributed by atoms with van der Waals surface area (Å²) in [5.74, 6) is 2.57. The third kappa shape index (κ3) is 17.3. The van der Waals surface area contributed by atoms with Crippen LogP contribution in [0.2, 0.25) is 0 Å². The quantitative estimate of drug-likeness (QED) is 0.0415. The Bertz CT molecular complexity index is 2060. The lowest BCUT2D eigenvalue weighted by atomic mass is 9.86. The molecular weight excluding hydrogens is 851 g/mol. The van der Waals surface area contributed by atoms with Crippen LogP contribution in [0, 0.1) is 0 Å². The Hall–Kier alpha value is -4.05. The van der Waals surface area contributed by atoms with Crippen LogP contribution in [0.25, 0.3) is 0 Å². The van der Waals surface area contributed by atoms with Gasteiger partial charge in [0.15, 0.2) is 8.68 Å². The summed E-state index contributed by atoms with van der Waals surface area (Å²) in [6.07, 6.45) is 10.0. The summed E-state index contributed by atoms with van der Waals surface area (Å²) >= 11 is 6.34. The van der Waals surface area contributed by atoms with E-state index in [-0.39, 0.29) is 16.7 Å². The zero-order valence-electron chi connectivity index (χ0n) is 38.4. The van der Waals surface area contributed by atoms with E-state index in [0.29, 0.717) is 40.5 Å². The number of rotatable bonds is 21. The van der Waals surface area contributed by atoms with E-state index < -0.39 is 0 Å². The molecule has 5 rings (SSSR count). The van der Waals surface area contributed by atoms with E-state index in [4.69, 9.17) is 10.5 Å². The van der Waals surface area contributed by atoms with Gasteiger partial charge in [-0.2, -0.15) is 0 Å². The molecule has 336 valence electrons. The molecular formula is C47H67N9O2S4. The molecule has 1 amide bonds. The lowest BCUT2D eigenvalue weighted by Crippen LogP contribution is -2.23. The molecule has 3 aromatic carbocycles. The van der Waals surface area contributed by atoms with Crippen LogP contribution in [-0.2, 0) is 28.7 Å². The van der Waals surface area contributed by atoms with Crippen molar-refractivity contribution in [3.05, 3.63) is 82.9 Å². The molecule has 2 aromatic heterocycles. The highest BCUT2D eigenvalue weighted by Crippen LogP contribution is 2.41. The van der Waals surface area contributed by atoms with Gasteiger partial charge in [0.2, 0.25) is 11.0 Å². The number of amides is 1. The highest BCUT2D eigenvalue weighted by atomic mass is 32.2. The third-order valence-electron chi connectivity index (χ3n) is 9.84.